The van der Waals surface area contributed by atoms with Crippen LogP contribution in [-0.4, -0.2) is 43.4 Å². The fourth-order valence-corrected chi connectivity index (χ4v) is 1.21. The highest BCUT2D eigenvalue weighted by Crippen LogP contribution is 2.11. The van der Waals surface area contributed by atoms with Gasteiger partial charge in [-0.15, -0.1) is 0 Å². The Hall–Kier alpha value is -1.11. The van der Waals surface area contributed by atoms with E-state index in [4.69, 9.17) is 26.8 Å². The van der Waals surface area contributed by atoms with Crippen LogP contribution in [0, 0.1) is 0 Å². The van der Waals surface area contributed by atoms with Gasteiger partial charge in [0.1, 0.15) is 11.0 Å². The molecule has 0 spiro atoms. The van der Waals surface area contributed by atoms with E-state index in [0.29, 0.717) is 37.3 Å². The molecule has 16 heavy (non-hydrogen) atoms. The predicted molar refractivity (Wildman–Crippen MR) is 62.6 cm³/mol. The van der Waals surface area contributed by atoms with Crippen LogP contribution < -0.4 is 11.1 Å². The van der Waals surface area contributed by atoms with Gasteiger partial charge in [0.25, 0.3) is 0 Å². The molecule has 0 bridgehead atoms. The van der Waals surface area contributed by atoms with Gasteiger partial charge in [0.15, 0.2) is 0 Å². The van der Waals surface area contributed by atoms with Crippen LogP contribution in [0.1, 0.15) is 0 Å². The number of nitrogens with zero attached hydrogens (tertiary/aromatic N) is 2. The van der Waals surface area contributed by atoms with Gasteiger partial charge in [-0.25, -0.2) is 4.98 Å². The van der Waals surface area contributed by atoms with Gasteiger partial charge in [-0.1, -0.05) is 11.6 Å². The first-order valence-corrected chi connectivity index (χ1v) is 5.21. The van der Waals surface area contributed by atoms with Crippen LogP contribution >= 0.6 is 11.6 Å². The maximum Gasteiger partial charge on any atom is 0.223 e. The second kappa shape index (κ2) is 7.21. The molecule has 0 saturated carbocycles. The minimum atomic E-state index is 0.148. The monoisotopic (exact) mass is 246 g/mol. The van der Waals surface area contributed by atoms with E-state index in [1.807, 2.05) is 0 Å². The zero-order valence-corrected chi connectivity index (χ0v) is 9.83. The second-order valence-electron chi connectivity index (χ2n) is 2.97. The fraction of sp³-hybridized carbons (Fsp3) is 0.556. The zero-order valence-electron chi connectivity index (χ0n) is 9.07. The number of nitrogens with two attached hydrogens (primary N) is 1. The van der Waals surface area contributed by atoms with Crippen molar-refractivity contribution in [2.45, 2.75) is 0 Å². The molecule has 0 saturated heterocycles. The number of methoxy groups -OCH3 is 1. The summed E-state index contributed by atoms with van der Waals surface area (Å²) >= 11 is 5.71. The molecule has 0 aromatic carbocycles. The summed E-state index contributed by atoms with van der Waals surface area (Å²) in [6.07, 6.45) is 0. The molecular weight excluding hydrogens is 232 g/mol. The van der Waals surface area contributed by atoms with Gasteiger partial charge in [0, 0.05) is 19.7 Å². The number of nitrogens with one attached hydrogen (secondary N) is 1. The normalized spacial score (nSPS) is 10.4. The first kappa shape index (κ1) is 13.0. The third-order valence-electron chi connectivity index (χ3n) is 1.70. The minimum Gasteiger partial charge on any atom is -0.382 e. The lowest BCUT2D eigenvalue weighted by Gasteiger charge is -2.06. The van der Waals surface area contributed by atoms with Crippen molar-refractivity contribution in [1.29, 1.82) is 0 Å². The Morgan fingerprint density at radius 1 is 1.38 bits per heavy atom. The molecule has 0 aliphatic heterocycles. The van der Waals surface area contributed by atoms with E-state index >= 15 is 0 Å². The lowest BCUT2D eigenvalue weighted by Crippen LogP contribution is -2.13. The molecule has 0 unspecified atom stereocenters. The van der Waals surface area contributed by atoms with Crippen molar-refractivity contribution in [2.75, 3.05) is 44.5 Å². The van der Waals surface area contributed by atoms with E-state index in [1.165, 1.54) is 0 Å². The standard InChI is InChI=1S/C9H15ClN4O2/c1-15-4-5-16-3-2-12-8-6-7(10)13-9(11)14-8/h6H,2-5H2,1H3,(H3,11,12,13,14). The SMILES string of the molecule is COCCOCCNc1cc(Cl)nc(N)n1. The number of aromatic nitrogens is 2. The maximum atomic E-state index is 5.71. The third-order valence-corrected chi connectivity index (χ3v) is 1.89. The average molecular weight is 247 g/mol. The Labute approximate surface area is 99.1 Å². The van der Waals surface area contributed by atoms with Crippen molar-refractivity contribution >= 4 is 23.4 Å². The molecule has 0 amide bonds. The smallest absolute Gasteiger partial charge is 0.223 e. The van der Waals surface area contributed by atoms with Crippen molar-refractivity contribution in [1.82, 2.24) is 9.97 Å². The van der Waals surface area contributed by atoms with Crippen LogP contribution in [0.3, 0.4) is 0 Å². The summed E-state index contributed by atoms with van der Waals surface area (Å²) in [5, 5.41) is 3.34. The largest absolute Gasteiger partial charge is 0.382 e. The van der Waals surface area contributed by atoms with E-state index in [2.05, 4.69) is 15.3 Å². The summed E-state index contributed by atoms with van der Waals surface area (Å²) < 4.78 is 10.1. The highest BCUT2D eigenvalue weighted by atomic mass is 35.5. The van der Waals surface area contributed by atoms with Gasteiger partial charge >= 0.3 is 0 Å². The van der Waals surface area contributed by atoms with E-state index in [0.717, 1.165) is 0 Å². The number of ether oxygens (including phenoxy) is 2. The van der Waals surface area contributed by atoms with Crippen LogP contribution in [0.2, 0.25) is 5.15 Å². The summed E-state index contributed by atoms with van der Waals surface area (Å²) in [7, 11) is 1.63. The predicted octanol–water partition coefficient (Wildman–Crippen LogP) is 0.787. The Bertz CT molecular complexity index is 304. The molecule has 3 N–H and O–H groups in total. The zero-order chi connectivity index (χ0) is 11.8. The fourth-order valence-electron chi connectivity index (χ4n) is 1.02. The second-order valence-corrected chi connectivity index (χ2v) is 3.35. The lowest BCUT2D eigenvalue weighted by atomic mass is 10.5. The molecule has 0 aliphatic carbocycles. The van der Waals surface area contributed by atoms with Gasteiger partial charge in [0.05, 0.1) is 19.8 Å². The van der Waals surface area contributed by atoms with Gasteiger partial charge < -0.3 is 20.5 Å². The van der Waals surface area contributed by atoms with Crippen LogP contribution in [0.25, 0.3) is 0 Å². The first-order chi connectivity index (χ1) is 7.72. The lowest BCUT2D eigenvalue weighted by molar-refractivity contribution is 0.0759. The Morgan fingerprint density at radius 2 is 2.19 bits per heavy atom. The molecule has 0 fully saturated rings. The van der Waals surface area contributed by atoms with Crippen LogP contribution in [0.15, 0.2) is 6.07 Å². The van der Waals surface area contributed by atoms with Gasteiger partial charge in [-0.05, 0) is 0 Å². The summed E-state index contributed by atoms with van der Waals surface area (Å²) in [4.78, 5) is 7.71. The topological polar surface area (TPSA) is 82.3 Å². The summed E-state index contributed by atoms with van der Waals surface area (Å²) in [6, 6.07) is 1.60. The Kier molecular flexibility index (Phi) is 5.84. The number of anilines is 2. The molecule has 0 aliphatic rings. The van der Waals surface area contributed by atoms with E-state index in [-0.39, 0.29) is 5.95 Å². The number of halogens is 1. The summed E-state index contributed by atoms with van der Waals surface area (Å²) in [5.41, 5.74) is 5.43. The molecule has 1 rings (SSSR count). The minimum absolute atomic E-state index is 0.148. The average Bonchev–Trinajstić information content (AvgIpc) is 2.22. The van der Waals surface area contributed by atoms with Crippen molar-refractivity contribution in [3.05, 3.63) is 11.2 Å². The van der Waals surface area contributed by atoms with Crippen molar-refractivity contribution in [2.24, 2.45) is 0 Å². The molecule has 0 radical (unpaired) electrons. The number of nitrogen functional groups attached to an aromatic ring is 1. The number of hydrogen-bond acceptors (Lipinski definition) is 6. The first-order valence-electron chi connectivity index (χ1n) is 4.83. The molecule has 1 heterocycles. The Morgan fingerprint density at radius 3 is 2.88 bits per heavy atom. The van der Waals surface area contributed by atoms with Crippen molar-refractivity contribution < 1.29 is 9.47 Å². The van der Waals surface area contributed by atoms with Crippen molar-refractivity contribution in [3.8, 4) is 0 Å². The quantitative estimate of drug-likeness (QED) is 0.547. The molecular formula is C9H15ClN4O2. The Balaban J connectivity index is 2.21. The highest BCUT2D eigenvalue weighted by molar-refractivity contribution is 6.29. The summed E-state index contributed by atoms with van der Waals surface area (Å²) in [5.74, 6) is 0.739. The molecule has 0 atom stereocenters. The number of hydrogen-bond donors (Lipinski definition) is 2. The van der Waals surface area contributed by atoms with Crippen molar-refractivity contribution in [3.63, 3.8) is 0 Å². The molecule has 6 nitrogen and oxygen atoms in total. The van der Waals surface area contributed by atoms with E-state index < -0.39 is 0 Å². The molecule has 7 heteroatoms. The van der Waals surface area contributed by atoms with Gasteiger partial charge in [0.2, 0.25) is 5.95 Å². The summed E-state index contributed by atoms with van der Waals surface area (Å²) in [6.45, 7) is 2.35. The van der Waals surface area contributed by atoms with Gasteiger partial charge in [-0.3, -0.25) is 0 Å². The molecule has 1 aromatic rings. The van der Waals surface area contributed by atoms with Crippen LogP contribution in [0.5, 0.6) is 0 Å². The van der Waals surface area contributed by atoms with Crippen LogP contribution in [0.4, 0.5) is 11.8 Å². The number of rotatable bonds is 7. The van der Waals surface area contributed by atoms with Crippen LogP contribution in [-0.2, 0) is 9.47 Å². The third kappa shape index (κ3) is 5.11. The molecule has 1 aromatic heterocycles. The molecule has 90 valence electrons. The highest BCUT2D eigenvalue weighted by Gasteiger charge is 1.99. The van der Waals surface area contributed by atoms with E-state index in [1.54, 1.807) is 13.2 Å². The van der Waals surface area contributed by atoms with E-state index in [9.17, 15) is 0 Å². The van der Waals surface area contributed by atoms with Gasteiger partial charge in [-0.2, -0.15) is 4.98 Å². The maximum absolute atomic E-state index is 5.71.